The summed E-state index contributed by atoms with van der Waals surface area (Å²) in [7, 11) is 3.72. The Kier molecular flexibility index (Phi) is 4.16. The molecule has 0 fully saturated rings. The van der Waals surface area contributed by atoms with E-state index in [1.165, 1.54) is 11.1 Å². The van der Waals surface area contributed by atoms with Crippen LogP contribution in [-0.2, 0) is 13.1 Å². The highest BCUT2D eigenvalue weighted by atomic mass is 16.5. The highest BCUT2D eigenvalue weighted by Crippen LogP contribution is 2.18. The van der Waals surface area contributed by atoms with Crippen molar-refractivity contribution in [2.45, 2.75) is 26.9 Å². The van der Waals surface area contributed by atoms with E-state index in [0.29, 0.717) is 18.3 Å². The SMILES string of the molecule is COc1ccc(CN(C)Cc2noc(C)n2)c(C)c1. The van der Waals surface area contributed by atoms with E-state index in [0.717, 1.165) is 12.3 Å². The van der Waals surface area contributed by atoms with Crippen LogP contribution in [-0.4, -0.2) is 29.2 Å². The first-order chi connectivity index (χ1) is 9.08. The Morgan fingerprint density at radius 2 is 2.05 bits per heavy atom. The third-order valence-corrected chi connectivity index (χ3v) is 2.97. The molecule has 0 spiro atoms. The average molecular weight is 261 g/mol. The number of benzene rings is 1. The largest absolute Gasteiger partial charge is 0.497 e. The Bertz CT molecular complexity index is 551. The number of hydrogen-bond acceptors (Lipinski definition) is 5. The summed E-state index contributed by atoms with van der Waals surface area (Å²) < 4.78 is 10.2. The molecule has 5 heteroatoms. The quantitative estimate of drug-likeness (QED) is 0.826. The van der Waals surface area contributed by atoms with E-state index in [2.05, 4.69) is 28.0 Å². The second-order valence-corrected chi connectivity index (χ2v) is 4.69. The lowest BCUT2D eigenvalue weighted by Crippen LogP contribution is -2.18. The van der Waals surface area contributed by atoms with Crippen molar-refractivity contribution in [2.75, 3.05) is 14.2 Å². The molecule has 0 saturated heterocycles. The number of methoxy groups -OCH3 is 1. The van der Waals surface area contributed by atoms with Crippen molar-refractivity contribution >= 4 is 0 Å². The topological polar surface area (TPSA) is 51.4 Å². The number of hydrogen-bond donors (Lipinski definition) is 0. The maximum absolute atomic E-state index is 5.21. The molecule has 0 bridgehead atoms. The Labute approximate surface area is 113 Å². The Morgan fingerprint density at radius 1 is 1.26 bits per heavy atom. The van der Waals surface area contributed by atoms with Crippen LogP contribution < -0.4 is 4.74 Å². The molecule has 0 atom stereocenters. The van der Waals surface area contributed by atoms with Gasteiger partial charge in [-0.3, -0.25) is 4.90 Å². The van der Waals surface area contributed by atoms with Gasteiger partial charge in [-0.25, -0.2) is 0 Å². The summed E-state index contributed by atoms with van der Waals surface area (Å²) in [5.41, 5.74) is 2.49. The zero-order chi connectivity index (χ0) is 13.8. The highest BCUT2D eigenvalue weighted by molar-refractivity contribution is 5.34. The van der Waals surface area contributed by atoms with E-state index < -0.39 is 0 Å². The summed E-state index contributed by atoms with van der Waals surface area (Å²) >= 11 is 0. The molecule has 19 heavy (non-hydrogen) atoms. The average Bonchev–Trinajstić information content (AvgIpc) is 2.77. The van der Waals surface area contributed by atoms with Crippen molar-refractivity contribution in [3.63, 3.8) is 0 Å². The Morgan fingerprint density at radius 3 is 2.63 bits per heavy atom. The molecule has 0 aliphatic heterocycles. The second-order valence-electron chi connectivity index (χ2n) is 4.69. The van der Waals surface area contributed by atoms with Crippen LogP contribution in [0.3, 0.4) is 0 Å². The fraction of sp³-hybridized carbons (Fsp3) is 0.429. The molecule has 0 N–H and O–H groups in total. The third-order valence-electron chi connectivity index (χ3n) is 2.97. The van der Waals surface area contributed by atoms with Crippen LogP contribution in [0.2, 0.25) is 0 Å². The molecular formula is C14H19N3O2. The summed E-state index contributed by atoms with van der Waals surface area (Å²) in [6.45, 7) is 5.39. The first-order valence-electron chi connectivity index (χ1n) is 6.19. The van der Waals surface area contributed by atoms with Gasteiger partial charge in [-0.05, 0) is 37.2 Å². The van der Waals surface area contributed by atoms with Gasteiger partial charge in [0.25, 0.3) is 0 Å². The van der Waals surface area contributed by atoms with Gasteiger partial charge in [0.2, 0.25) is 5.89 Å². The van der Waals surface area contributed by atoms with Crippen LogP contribution in [0.5, 0.6) is 5.75 Å². The molecule has 0 radical (unpaired) electrons. The third kappa shape index (κ3) is 3.54. The number of nitrogens with zero attached hydrogens (tertiary/aromatic N) is 3. The lowest BCUT2D eigenvalue weighted by molar-refractivity contribution is 0.300. The van der Waals surface area contributed by atoms with Crippen LogP contribution in [0.1, 0.15) is 22.8 Å². The van der Waals surface area contributed by atoms with E-state index in [1.54, 1.807) is 14.0 Å². The minimum Gasteiger partial charge on any atom is -0.497 e. The zero-order valence-electron chi connectivity index (χ0n) is 11.8. The van der Waals surface area contributed by atoms with Gasteiger partial charge >= 0.3 is 0 Å². The van der Waals surface area contributed by atoms with Crippen molar-refractivity contribution in [1.82, 2.24) is 15.0 Å². The minimum absolute atomic E-state index is 0.601. The monoisotopic (exact) mass is 261 g/mol. The van der Waals surface area contributed by atoms with Crippen molar-refractivity contribution in [3.05, 3.63) is 41.0 Å². The Balaban J connectivity index is 2.00. The molecule has 102 valence electrons. The molecule has 1 heterocycles. The lowest BCUT2D eigenvalue weighted by atomic mass is 10.1. The standard InChI is InChI=1S/C14H19N3O2/c1-10-7-13(18-4)6-5-12(10)8-17(3)9-14-15-11(2)19-16-14/h5-7H,8-9H2,1-4H3. The van der Waals surface area contributed by atoms with E-state index in [-0.39, 0.29) is 0 Å². The maximum Gasteiger partial charge on any atom is 0.223 e. The summed E-state index contributed by atoms with van der Waals surface area (Å²) in [5.74, 6) is 2.20. The van der Waals surface area contributed by atoms with Gasteiger partial charge in [0.05, 0.1) is 13.7 Å². The smallest absolute Gasteiger partial charge is 0.223 e. The number of rotatable bonds is 5. The van der Waals surface area contributed by atoms with Crippen molar-refractivity contribution in [1.29, 1.82) is 0 Å². The molecule has 0 saturated carbocycles. The molecule has 0 aliphatic rings. The lowest BCUT2D eigenvalue weighted by Gasteiger charge is -2.16. The van der Waals surface area contributed by atoms with Crippen LogP contribution in [0.15, 0.2) is 22.7 Å². The molecule has 0 amide bonds. The fourth-order valence-corrected chi connectivity index (χ4v) is 1.97. The highest BCUT2D eigenvalue weighted by Gasteiger charge is 2.08. The van der Waals surface area contributed by atoms with E-state index in [9.17, 15) is 0 Å². The fourth-order valence-electron chi connectivity index (χ4n) is 1.97. The van der Waals surface area contributed by atoms with E-state index >= 15 is 0 Å². The summed E-state index contributed by atoms with van der Waals surface area (Å²) in [4.78, 5) is 6.35. The first kappa shape index (κ1) is 13.5. The molecule has 2 aromatic rings. The molecule has 0 unspecified atom stereocenters. The predicted octanol–water partition coefficient (Wildman–Crippen LogP) is 2.33. The zero-order valence-corrected chi connectivity index (χ0v) is 11.8. The van der Waals surface area contributed by atoms with Gasteiger partial charge in [0.1, 0.15) is 5.75 Å². The molecule has 5 nitrogen and oxygen atoms in total. The molecular weight excluding hydrogens is 242 g/mol. The van der Waals surface area contributed by atoms with Crippen LogP contribution in [0, 0.1) is 13.8 Å². The summed E-state index contributed by atoms with van der Waals surface area (Å²) in [6, 6.07) is 6.11. The van der Waals surface area contributed by atoms with Gasteiger partial charge < -0.3 is 9.26 Å². The summed E-state index contributed by atoms with van der Waals surface area (Å²) in [5, 5.41) is 3.90. The van der Waals surface area contributed by atoms with Gasteiger partial charge in [0, 0.05) is 13.5 Å². The van der Waals surface area contributed by atoms with Crippen LogP contribution in [0.4, 0.5) is 0 Å². The number of aryl methyl sites for hydroxylation is 2. The number of ether oxygens (including phenoxy) is 1. The number of aromatic nitrogens is 2. The van der Waals surface area contributed by atoms with Gasteiger partial charge in [-0.1, -0.05) is 11.2 Å². The normalized spacial score (nSPS) is 11.0. The van der Waals surface area contributed by atoms with Crippen LogP contribution in [0.25, 0.3) is 0 Å². The van der Waals surface area contributed by atoms with Gasteiger partial charge in [0.15, 0.2) is 5.82 Å². The van der Waals surface area contributed by atoms with Crippen molar-refractivity contribution in [2.24, 2.45) is 0 Å². The second kappa shape index (κ2) is 5.84. The van der Waals surface area contributed by atoms with Crippen LogP contribution >= 0.6 is 0 Å². The predicted molar refractivity (Wildman–Crippen MR) is 71.9 cm³/mol. The Hall–Kier alpha value is -1.88. The molecule has 0 aliphatic carbocycles. The van der Waals surface area contributed by atoms with Crippen molar-refractivity contribution < 1.29 is 9.26 Å². The van der Waals surface area contributed by atoms with Crippen molar-refractivity contribution in [3.8, 4) is 5.75 Å². The molecule has 2 rings (SSSR count). The maximum atomic E-state index is 5.21. The first-order valence-corrected chi connectivity index (χ1v) is 6.19. The molecule has 1 aromatic heterocycles. The van der Waals surface area contributed by atoms with E-state index in [1.807, 2.05) is 19.2 Å². The van der Waals surface area contributed by atoms with Gasteiger partial charge in [-0.15, -0.1) is 0 Å². The molecule has 1 aromatic carbocycles. The summed E-state index contributed by atoms with van der Waals surface area (Å²) in [6.07, 6.45) is 0. The minimum atomic E-state index is 0.601. The van der Waals surface area contributed by atoms with Gasteiger partial charge in [-0.2, -0.15) is 4.98 Å². The van der Waals surface area contributed by atoms with E-state index in [4.69, 9.17) is 9.26 Å².